The molecule has 178 valence electrons. The summed E-state index contributed by atoms with van der Waals surface area (Å²) in [6, 6.07) is 6.56. The number of rotatable bonds is 9. The maximum Gasteiger partial charge on any atom is 0.404 e. The van der Waals surface area contributed by atoms with E-state index in [1.807, 2.05) is 36.7 Å². The van der Waals surface area contributed by atoms with Crippen LogP contribution in [0.25, 0.3) is 10.4 Å². The molecule has 0 spiro atoms. The summed E-state index contributed by atoms with van der Waals surface area (Å²) >= 11 is 1.58. The van der Waals surface area contributed by atoms with Gasteiger partial charge in [-0.15, -0.1) is 11.3 Å². The molecule has 0 bridgehead atoms. The van der Waals surface area contributed by atoms with Gasteiger partial charge >= 0.3 is 6.09 Å². The molecule has 33 heavy (non-hydrogen) atoms. The fourth-order valence-corrected chi connectivity index (χ4v) is 4.76. The summed E-state index contributed by atoms with van der Waals surface area (Å²) in [4.78, 5) is 42.8. The number of hydrogen-bond acceptors (Lipinski definition) is 7. The molecule has 3 rings (SSSR count). The minimum absolute atomic E-state index is 0.135. The van der Waals surface area contributed by atoms with E-state index in [9.17, 15) is 24.6 Å². The van der Waals surface area contributed by atoms with Crippen molar-refractivity contribution in [2.45, 2.75) is 51.9 Å². The molecule has 0 aliphatic carbocycles. The number of thiazole rings is 1. The van der Waals surface area contributed by atoms with Gasteiger partial charge in [0.05, 0.1) is 34.3 Å². The lowest BCUT2D eigenvalue weighted by Crippen LogP contribution is -2.54. The van der Waals surface area contributed by atoms with Gasteiger partial charge in [-0.1, -0.05) is 38.1 Å². The summed E-state index contributed by atoms with van der Waals surface area (Å²) in [5.74, 6) is -0.244. The largest absolute Gasteiger partial charge is 0.465 e. The minimum atomic E-state index is -1.24. The number of β-amino-alcohol motifs (C(OH)–C–C–N with tert-alkyl or cyclic N) is 1. The predicted octanol–water partition coefficient (Wildman–Crippen LogP) is 2.03. The zero-order valence-corrected chi connectivity index (χ0v) is 19.8. The van der Waals surface area contributed by atoms with Crippen LogP contribution in [-0.2, 0) is 16.1 Å². The normalized spacial score (nSPS) is 19.8. The van der Waals surface area contributed by atoms with Gasteiger partial charge in [0.2, 0.25) is 5.91 Å². The van der Waals surface area contributed by atoms with Crippen LogP contribution in [0.15, 0.2) is 29.8 Å². The Labute approximate surface area is 196 Å². The number of aromatic nitrogens is 1. The molecule has 9 nitrogen and oxygen atoms in total. The number of benzene rings is 1. The second kappa shape index (κ2) is 10.4. The maximum atomic E-state index is 12.9. The van der Waals surface area contributed by atoms with Crippen LogP contribution in [0.2, 0.25) is 0 Å². The van der Waals surface area contributed by atoms with Gasteiger partial charge in [-0.3, -0.25) is 9.69 Å². The number of aliphatic hydroxyl groups excluding tert-OH is 1. The average Bonchev–Trinajstić information content (AvgIpc) is 3.36. The molecule has 0 unspecified atom stereocenters. The fourth-order valence-electron chi connectivity index (χ4n) is 3.95. The third-order valence-electron chi connectivity index (χ3n) is 6.03. The standard InChI is InChI=1S/C23H30N4O5S/c1-14-20(33-13-25-14)16-6-4-15(5-7-16)9-24-21(30)18-8-17(29)10-27(18)11-19(26-22(31)32)23(2,3)12-28/h4-7,12-13,17-19,26,29H,8-11H2,1-3H3,(H,24,30)(H,31,32)/t17-,18+,19-/m1/s1. The van der Waals surface area contributed by atoms with Gasteiger partial charge in [-0.2, -0.15) is 0 Å². The average molecular weight is 475 g/mol. The van der Waals surface area contributed by atoms with Crippen molar-refractivity contribution in [3.05, 3.63) is 41.0 Å². The van der Waals surface area contributed by atoms with Gasteiger partial charge < -0.3 is 25.6 Å². The van der Waals surface area contributed by atoms with Crippen molar-refractivity contribution >= 4 is 29.6 Å². The molecule has 1 aromatic carbocycles. The van der Waals surface area contributed by atoms with Crippen LogP contribution < -0.4 is 10.6 Å². The lowest BCUT2D eigenvalue weighted by molar-refractivity contribution is -0.126. The van der Waals surface area contributed by atoms with Gasteiger partial charge in [0.15, 0.2) is 0 Å². The van der Waals surface area contributed by atoms with E-state index in [2.05, 4.69) is 15.6 Å². The third kappa shape index (κ3) is 6.16. The summed E-state index contributed by atoms with van der Waals surface area (Å²) in [7, 11) is 0. The van der Waals surface area contributed by atoms with Crippen molar-refractivity contribution in [3.8, 4) is 10.4 Å². The van der Waals surface area contributed by atoms with Crippen LogP contribution >= 0.6 is 11.3 Å². The van der Waals surface area contributed by atoms with Crippen molar-refractivity contribution < 1.29 is 24.6 Å². The molecule has 1 aliphatic heterocycles. The zero-order valence-electron chi connectivity index (χ0n) is 18.9. The summed E-state index contributed by atoms with van der Waals surface area (Å²) in [6.07, 6.45) is -0.997. The summed E-state index contributed by atoms with van der Waals surface area (Å²) in [5, 5.41) is 24.6. The van der Waals surface area contributed by atoms with Gasteiger partial charge in [-0.05, 0) is 24.5 Å². The Bertz CT molecular complexity index is 991. The maximum absolute atomic E-state index is 12.9. The van der Waals surface area contributed by atoms with E-state index in [0.29, 0.717) is 12.8 Å². The third-order valence-corrected chi connectivity index (χ3v) is 7.01. The van der Waals surface area contributed by atoms with E-state index in [-0.39, 0.29) is 25.4 Å². The Morgan fingerprint density at radius 3 is 2.61 bits per heavy atom. The number of hydrogen-bond donors (Lipinski definition) is 4. The van der Waals surface area contributed by atoms with E-state index in [1.54, 1.807) is 30.1 Å². The quantitative estimate of drug-likeness (QED) is 0.409. The molecule has 10 heteroatoms. The summed E-state index contributed by atoms with van der Waals surface area (Å²) in [6.45, 7) is 5.94. The molecule has 3 atom stereocenters. The van der Waals surface area contributed by atoms with Crippen molar-refractivity contribution in [3.63, 3.8) is 0 Å². The molecular weight excluding hydrogens is 444 g/mol. The number of nitrogens with zero attached hydrogens (tertiary/aromatic N) is 2. The second-order valence-corrected chi connectivity index (χ2v) is 9.84. The molecule has 0 radical (unpaired) electrons. The van der Waals surface area contributed by atoms with Crippen molar-refractivity contribution in [2.24, 2.45) is 5.41 Å². The fraction of sp³-hybridized carbons (Fsp3) is 0.478. The van der Waals surface area contributed by atoms with E-state index in [0.717, 1.165) is 21.7 Å². The molecule has 2 amide bonds. The number of carbonyl (C=O) groups is 3. The molecule has 2 aromatic rings. The first-order valence-electron chi connectivity index (χ1n) is 10.8. The molecule has 4 N–H and O–H groups in total. The Morgan fingerprint density at radius 2 is 2.03 bits per heavy atom. The summed E-state index contributed by atoms with van der Waals surface area (Å²) < 4.78 is 0. The SMILES string of the molecule is Cc1ncsc1-c1ccc(CNC(=O)[C@@H]2C[C@@H](O)CN2C[C@@H](NC(=O)O)C(C)(C)C=O)cc1. The predicted molar refractivity (Wildman–Crippen MR) is 125 cm³/mol. The molecule has 1 aromatic heterocycles. The highest BCUT2D eigenvalue weighted by Gasteiger charge is 2.40. The van der Waals surface area contributed by atoms with Crippen LogP contribution in [0.1, 0.15) is 31.5 Å². The number of aliphatic hydroxyl groups is 1. The molecule has 1 aliphatic rings. The Balaban J connectivity index is 1.63. The van der Waals surface area contributed by atoms with Crippen molar-refractivity contribution in [1.29, 1.82) is 0 Å². The first-order chi connectivity index (χ1) is 15.6. The molecule has 1 saturated heterocycles. The molecule has 0 saturated carbocycles. The van der Waals surface area contributed by atoms with E-state index in [4.69, 9.17) is 0 Å². The number of nitrogens with one attached hydrogen (secondary N) is 2. The highest BCUT2D eigenvalue weighted by Crippen LogP contribution is 2.27. The van der Waals surface area contributed by atoms with E-state index >= 15 is 0 Å². The molecular formula is C23H30N4O5S. The first-order valence-corrected chi connectivity index (χ1v) is 11.6. The van der Waals surface area contributed by atoms with Gasteiger partial charge in [0.1, 0.15) is 6.29 Å². The second-order valence-electron chi connectivity index (χ2n) is 8.98. The van der Waals surface area contributed by atoms with Crippen LogP contribution in [-0.4, -0.2) is 69.7 Å². The van der Waals surface area contributed by atoms with Crippen LogP contribution in [0, 0.1) is 12.3 Å². The van der Waals surface area contributed by atoms with Crippen molar-refractivity contribution in [2.75, 3.05) is 13.1 Å². The lowest BCUT2D eigenvalue weighted by Gasteiger charge is -2.34. The Kier molecular flexibility index (Phi) is 7.83. The zero-order chi connectivity index (χ0) is 24.2. The van der Waals surface area contributed by atoms with Crippen LogP contribution in [0.4, 0.5) is 4.79 Å². The molecule has 1 fully saturated rings. The van der Waals surface area contributed by atoms with Gasteiger partial charge in [0.25, 0.3) is 0 Å². The van der Waals surface area contributed by atoms with E-state index < -0.39 is 29.7 Å². The molecule has 2 heterocycles. The van der Waals surface area contributed by atoms with Crippen molar-refractivity contribution in [1.82, 2.24) is 20.5 Å². The van der Waals surface area contributed by atoms with Crippen LogP contribution in [0.5, 0.6) is 0 Å². The summed E-state index contributed by atoms with van der Waals surface area (Å²) in [5.41, 5.74) is 3.84. The monoisotopic (exact) mass is 474 g/mol. The number of carbonyl (C=O) groups excluding carboxylic acids is 2. The van der Waals surface area contributed by atoms with Gasteiger partial charge in [-0.25, -0.2) is 9.78 Å². The smallest absolute Gasteiger partial charge is 0.404 e. The Hall–Kier alpha value is -2.82. The van der Waals surface area contributed by atoms with E-state index in [1.165, 1.54) is 0 Å². The number of carboxylic acid groups (broad SMARTS) is 1. The number of aryl methyl sites for hydroxylation is 1. The van der Waals surface area contributed by atoms with Crippen LogP contribution in [0.3, 0.4) is 0 Å². The number of aldehydes is 1. The number of amides is 2. The topological polar surface area (TPSA) is 132 Å². The first kappa shape index (κ1) is 24.8. The van der Waals surface area contributed by atoms with Gasteiger partial charge in [0, 0.05) is 25.0 Å². The highest BCUT2D eigenvalue weighted by molar-refractivity contribution is 7.13. The highest BCUT2D eigenvalue weighted by atomic mass is 32.1. The lowest BCUT2D eigenvalue weighted by atomic mass is 9.85. The number of likely N-dealkylation sites (tertiary alicyclic amines) is 1. The minimum Gasteiger partial charge on any atom is -0.465 e. The Morgan fingerprint density at radius 1 is 1.33 bits per heavy atom.